The molecule has 6 nitrogen and oxygen atoms in total. The van der Waals surface area contributed by atoms with E-state index in [1.807, 2.05) is 0 Å². The van der Waals surface area contributed by atoms with Crippen LogP contribution in [0.25, 0.3) is 0 Å². The molecule has 0 aliphatic carbocycles. The molecule has 0 spiro atoms. The van der Waals surface area contributed by atoms with Crippen molar-refractivity contribution < 1.29 is 20.1 Å². The van der Waals surface area contributed by atoms with Crippen LogP contribution in [0.15, 0.2) is 0 Å². The van der Waals surface area contributed by atoms with E-state index in [0.717, 1.165) is 0 Å². The van der Waals surface area contributed by atoms with Crippen molar-refractivity contribution in [3.63, 3.8) is 0 Å². The smallest absolute Gasteiger partial charge is 0.0894 e. The Morgan fingerprint density at radius 3 is 2.87 bits per heavy atom. The van der Waals surface area contributed by atoms with E-state index in [1.165, 1.54) is 0 Å². The van der Waals surface area contributed by atoms with Crippen LogP contribution in [-0.4, -0.2) is 66.0 Å². The van der Waals surface area contributed by atoms with Crippen LogP contribution in [0, 0.1) is 0 Å². The highest BCUT2D eigenvalue weighted by molar-refractivity contribution is 4.81. The molecule has 0 amide bonds. The molecular formula is C9H20N2O4. The zero-order valence-electron chi connectivity index (χ0n) is 8.67. The normalized spacial score (nSPS) is 34.0. The van der Waals surface area contributed by atoms with E-state index < -0.39 is 12.2 Å². The maximum absolute atomic E-state index is 9.48. The van der Waals surface area contributed by atoms with Gasteiger partial charge in [0.15, 0.2) is 0 Å². The third-order valence-corrected chi connectivity index (χ3v) is 2.49. The first-order valence-electron chi connectivity index (χ1n) is 5.18. The van der Waals surface area contributed by atoms with Gasteiger partial charge in [-0.1, -0.05) is 0 Å². The lowest BCUT2D eigenvalue weighted by Crippen LogP contribution is -2.49. The summed E-state index contributed by atoms with van der Waals surface area (Å²) < 4.78 is 5.38. The molecule has 0 aromatic rings. The zero-order chi connectivity index (χ0) is 11.3. The summed E-state index contributed by atoms with van der Waals surface area (Å²) in [7, 11) is 0. The Morgan fingerprint density at radius 1 is 1.53 bits per heavy atom. The third kappa shape index (κ3) is 4.42. The van der Waals surface area contributed by atoms with Crippen LogP contribution < -0.4 is 11.1 Å². The fraction of sp³-hybridized carbons (Fsp3) is 1.00. The van der Waals surface area contributed by atoms with Crippen molar-refractivity contribution >= 4 is 0 Å². The summed E-state index contributed by atoms with van der Waals surface area (Å²) >= 11 is 0. The van der Waals surface area contributed by atoms with Gasteiger partial charge in [0.25, 0.3) is 0 Å². The second-order valence-electron chi connectivity index (χ2n) is 3.92. The zero-order valence-corrected chi connectivity index (χ0v) is 8.67. The summed E-state index contributed by atoms with van der Waals surface area (Å²) in [5.74, 6) is 0. The SMILES string of the molecule is N[C@H]1CO[C@H](CNCC(O)CO)C[C@@H]1O. The highest BCUT2D eigenvalue weighted by atomic mass is 16.5. The molecule has 0 radical (unpaired) electrons. The van der Waals surface area contributed by atoms with Crippen molar-refractivity contribution in [1.82, 2.24) is 5.32 Å². The molecule has 1 aliphatic heterocycles. The first-order chi connectivity index (χ1) is 7.13. The van der Waals surface area contributed by atoms with Gasteiger partial charge in [-0.25, -0.2) is 0 Å². The first kappa shape index (κ1) is 12.8. The number of aliphatic hydroxyl groups is 3. The Morgan fingerprint density at radius 2 is 2.27 bits per heavy atom. The highest BCUT2D eigenvalue weighted by Crippen LogP contribution is 2.12. The summed E-state index contributed by atoms with van der Waals surface area (Å²) in [6, 6.07) is -0.302. The molecule has 15 heavy (non-hydrogen) atoms. The predicted octanol–water partition coefficient (Wildman–Crippen LogP) is -2.59. The molecule has 1 fully saturated rings. The lowest BCUT2D eigenvalue weighted by atomic mass is 10.0. The summed E-state index contributed by atoms with van der Waals surface area (Å²) in [5.41, 5.74) is 5.57. The molecule has 1 aliphatic rings. The Labute approximate surface area is 89.0 Å². The van der Waals surface area contributed by atoms with Crippen LogP contribution in [0.1, 0.15) is 6.42 Å². The van der Waals surface area contributed by atoms with E-state index in [2.05, 4.69) is 5.32 Å². The van der Waals surface area contributed by atoms with Crippen molar-refractivity contribution in [2.45, 2.75) is 30.8 Å². The van der Waals surface area contributed by atoms with E-state index in [0.29, 0.717) is 26.1 Å². The van der Waals surface area contributed by atoms with Crippen LogP contribution in [-0.2, 0) is 4.74 Å². The molecule has 1 saturated heterocycles. The Hall–Kier alpha value is -0.240. The fourth-order valence-corrected chi connectivity index (χ4v) is 1.49. The molecule has 0 aromatic carbocycles. The maximum atomic E-state index is 9.48. The van der Waals surface area contributed by atoms with Crippen LogP contribution in [0.5, 0.6) is 0 Å². The summed E-state index contributed by atoms with van der Waals surface area (Å²) in [6.07, 6.45) is -0.844. The number of nitrogens with two attached hydrogens (primary N) is 1. The Balaban J connectivity index is 2.12. The monoisotopic (exact) mass is 220 g/mol. The second-order valence-corrected chi connectivity index (χ2v) is 3.92. The van der Waals surface area contributed by atoms with Crippen LogP contribution in [0.2, 0.25) is 0 Å². The molecule has 1 unspecified atom stereocenters. The van der Waals surface area contributed by atoms with Crippen molar-refractivity contribution in [2.75, 3.05) is 26.3 Å². The molecule has 6 N–H and O–H groups in total. The minimum absolute atomic E-state index is 0.0781. The third-order valence-electron chi connectivity index (χ3n) is 2.49. The van der Waals surface area contributed by atoms with Gasteiger partial charge < -0.3 is 31.1 Å². The number of ether oxygens (including phenoxy) is 1. The average molecular weight is 220 g/mol. The number of nitrogens with one attached hydrogen (secondary N) is 1. The van der Waals surface area contributed by atoms with Gasteiger partial charge in [0, 0.05) is 19.5 Å². The van der Waals surface area contributed by atoms with Crippen LogP contribution >= 0.6 is 0 Å². The largest absolute Gasteiger partial charge is 0.394 e. The van der Waals surface area contributed by atoms with Gasteiger partial charge in [0.05, 0.1) is 37.6 Å². The molecule has 90 valence electrons. The lowest BCUT2D eigenvalue weighted by molar-refractivity contribution is -0.0559. The summed E-state index contributed by atoms with van der Waals surface area (Å²) in [6.45, 7) is 0.960. The quantitative estimate of drug-likeness (QED) is 0.348. The molecule has 6 heteroatoms. The number of rotatable bonds is 5. The van der Waals surface area contributed by atoms with E-state index in [4.69, 9.17) is 20.7 Å². The van der Waals surface area contributed by atoms with E-state index >= 15 is 0 Å². The summed E-state index contributed by atoms with van der Waals surface area (Å²) in [4.78, 5) is 0. The van der Waals surface area contributed by atoms with Crippen molar-refractivity contribution in [3.05, 3.63) is 0 Å². The number of hydrogen-bond donors (Lipinski definition) is 5. The number of hydrogen-bond acceptors (Lipinski definition) is 6. The second kappa shape index (κ2) is 6.37. The van der Waals surface area contributed by atoms with Gasteiger partial charge in [-0.2, -0.15) is 0 Å². The highest BCUT2D eigenvalue weighted by Gasteiger charge is 2.26. The predicted molar refractivity (Wildman–Crippen MR) is 54.3 cm³/mol. The van der Waals surface area contributed by atoms with Crippen molar-refractivity contribution in [3.8, 4) is 0 Å². The molecule has 1 heterocycles. The topological polar surface area (TPSA) is 108 Å². The first-order valence-corrected chi connectivity index (χ1v) is 5.18. The molecule has 0 bridgehead atoms. The minimum atomic E-state index is -0.749. The van der Waals surface area contributed by atoms with Crippen LogP contribution in [0.3, 0.4) is 0 Å². The maximum Gasteiger partial charge on any atom is 0.0894 e. The fourth-order valence-electron chi connectivity index (χ4n) is 1.49. The van der Waals surface area contributed by atoms with Gasteiger partial charge in [-0.05, 0) is 0 Å². The molecule has 1 rings (SSSR count). The van der Waals surface area contributed by atoms with Crippen molar-refractivity contribution in [2.24, 2.45) is 5.73 Å². The molecule has 0 saturated carbocycles. The van der Waals surface area contributed by atoms with E-state index in [9.17, 15) is 5.11 Å². The van der Waals surface area contributed by atoms with Gasteiger partial charge in [0.1, 0.15) is 0 Å². The Bertz CT molecular complexity index is 181. The molecule has 0 aromatic heterocycles. The van der Waals surface area contributed by atoms with Crippen molar-refractivity contribution in [1.29, 1.82) is 0 Å². The van der Waals surface area contributed by atoms with E-state index in [-0.39, 0.29) is 18.8 Å². The van der Waals surface area contributed by atoms with Gasteiger partial charge in [-0.15, -0.1) is 0 Å². The molecular weight excluding hydrogens is 200 g/mol. The number of aliphatic hydroxyl groups excluding tert-OH is 3. The standard InChI is InChI=1S/C9H20N2O4/c10-8-5-15-7(1-9(8)14)3-11-2-6(13)4-12/h6-9,11-14H,1-5,10H2/t6?,7-,8-,9-/m0/s1. The average Bonchev–Trinajstić information content (AvgIpc) is 2.23. The lowest BCUT2D eigenvalue weighted by Gasteiger charge is -2.31. The minimum Gasteiger partial charge on any atom is -0.394 e. The van der Waals surface area contributed by atoms with Gasteiger partial charge in [0.2, 0.25) is 0 Å². The summed E-state index contributed by atoms with van der Waals surface area (Å²) in [5, 5.41) is 30.1. The molecule has 4 atom stereocenters. The van der Waals surface area contributed by atoms with E-state index in [1.54, 1.807) is 0 Å². The van der Waals surface area contributed by atoms with Gasteiger partial charge in [-0.3, -0.25) is 0 Å². The van der Waals surface area contributed by atoms with Gasteiger partial charge >= 0.3 is 0 Å². The van der Waals surface area contributed by atoms with Crippen LogP contribution in [0.4, 0.5) is 0 Å². The Kier molecular flexibility index (Phi) is 5.44.